The van der Waals surface area contributed by atoms with Crippen molar-refractivity contribution in [2.75, 3.05) is 39.9 Å². The van der Waals surface area contributed by atoms with E-state index in [-0.39, 0.29) is 5.91 Å². The van der Waals surface area contributed by atoms with Crippen molar-refractivity contribution in [1.29, 1.82) is 0 Å². The predicted octanol–water partition coefficient (Wildman–Crippen LogP) is 4.07. The van der Waals surface area contributed by atoms with E-state index in [1.54, 1.807) is 12.1 Å². The molecular formula is C19H26Cl2N2O3. The van der Waals surface area contributed by atoms with Crippen molar-refractivity contribution in [1.82, 2.24) is 9.80 Å². The third kappa shape index (κ3) is 3.96. The first-order valence-electron chi connectivity index (χ1n) is 9.23. The van der Waals surface area contributed by atoms with Gasteiger partial charge >= 0.3 is 0 Å². The van der Waals surface area contributed by atoms with E-state index in [1.807, 2.05) is 4.90 Å². The molecule has 3 rings (SSSR count). The first-order valence-corrected chi connectivity index (χ1v) is 9.99. The van der Waals surface area contributed by atoms with Crippen molar-refractivity contribution in [3.8, 4) is 5.75 Å². The van der Waals surface area contributed by atoms with E-state index >= 15 is 0 Å². The minimum atomic E-state index is -0.501. The number of unbranched alkanes of at least 4 members (excludes halogenated alkanes) is 1. The van der Waals surface area contributed by atoms with Gasteiger partial charge in [-0.25, -0.2) is 0 Å². The quantitative estimate of drug-likeness (QED) is 0.698. The summed E-state index contributed by atoms with van der Waals surface area (Å²) in [5.74, 6) is 0.362. The van der Waals surface area contributed by atoms with Crippen LogP contribution >= 0.6 is 23.2 Å². The zero-order chi connectivity index (χ0) is 18.7. The van der Waals surface area contributed by atoms with Crippen LogP contribution in [0.5, 0.6) is 5.75 Å². The molecule has 1 aromatic rings. The Kier molecular flexibility index (Phi) is 6.33. The number of carbonyl (C=O) groups is 1. The van der Waals surface area contributed by atoms with Crippen molar-refractivity contribution in [2.45, 2.75) is 38.3 Å². The van der Waals surface area contributed by atoms with E-state index in [4.69, 9.17) is 32.7 Å². The van der Waals surface area contributed by atoms with Gasteiger partial charge in [-0.3, -0.25) is 4.79 Å². The van der Waals surface area contributed by atoms with Crippen LogP contribution < -0.4 is 4.74 Å². The smallest absolute Gasteiger partial charge is 0.256 e. The van der Waals surface area contributed by atoms with Gasteiger partial charge in [0.2, 0.25) is 0 Å². The lowest BCUT2D eigenvalue weighted by molar-refractivity contribution is -0.102. The lowest BCUT2D eigenvalue weighted by Gasteiger charge is -2.42. The van der Waals surface area contributed by atoms with Crippen LogP contribution in [0, 0.1) is 0 Å². The van der Waals surface area contributed by atoms with E-state index < -0.39 is 5.72 Å². The number of piperidine rings is 1. The molecule has 0 N–H and O–H groups in total. The molecule has 2 heterocycles. The maximum atomic E-state index is 13.2. The molecule has 2 aliphatic heterocycles. The molecule has 0 saturated carbocycles. The Labute approximate surface area is 165 Å². The lowest BCUT2D eigenvalue weighted by atomic mass is 9.98. The highest BCUT2D eigenvalue weighted by molar-refractivity contribution is 6.37. The number of hydrogen-bond acceptors (Lipinski definition) is 4. The van der Waals surface area contributed by atoms with Crippen LogP contribution in [-0.4, -0.2) is 61.3 Å². The van der Waals surface area contributed by atoms with Gasteiger partial charge in [-0.05, 0) is 25.6 Å². The standard InChI is InChI=1S/C19H26Cl2N2O3/c1-3-4-10-25-17-15(20)12-14(13-16(17)21)18(24)23-9-11-26-19(23)5-7-22(2)8-6-19/h12-13H,3-11H2,1-2H3. The molecular weight excluding hydrogens is 375 g/mol. The molecule has 1 aromatic carbocycles. The minimum Gasteiger partial charge on any atom is -0.490 e. The summed E-state index contributed by atoms with van der Waals surface area (Å²) < 4.78 is 11.7. The van der Waals surface area contributed by atoms with Crippen molar-refractivity contribution < 1.29 is 14.3 Å². The highest BCUT2D eigenvalue weighted by Gasteiger charge is 2.46. The Morgan fingerprint density at radius 2 is 1.88 bits per heavy atom. The second kappa shape index (κ2) is 8.34. The van der Waals surface area contributed by atoms with E-state index in [2.05, 4.69) is 18.9 Å². The molecule has 0 radical (unpaired) electrons. The summed E-state index contributed by atoms with van der Waals surface area (Å²) in [6.07, 6.45) is 3.58. The number of halogens is 2. The van der Waals surface area contributed by atoms with Crippen LogP contribution in [0.3, 0.4) is 0 Å². The molecule has 7 heteroatoms. The SMILES string of the molecule is CCCCOc1c(Cl)cc(C(=O)N2CCOC23CCN(C)CC3)cc1Cl. The number of ether oxygens (including phenoxy) is 2. The zero-order valence-corrected chi connectivity index (χ0v) is 16.9. The van der Waals surface area contributed by atoms with Crippen molar-refractivity contribution in [3.63, 3.8) is 0 Å². The Bertz CT molecular complexity index is 637. The third-order valence-corrected chi connectivity index (χ3v) is 5.74. The molecule has 1 spiro atoms. The van der Waals surface area contributed by atoms with Crippen molar-refractivity contribution in [3.05, 3.63) is 27.7 Å². The summed E-state index contributed by atoms with van der Waals surface area (Å²) in [6.45, 7) is 5.62. The Balaban J connectivity index is 1.79. The van der Waals surface area contributed by atoms with E-state index in [1.165, 1.54) is 0 Å². The molecule has 2 fully saturated rings. The first-order chi connectivity index (χ1) is 12.5. The fraction of sp³-hybridized carbons (Fsp3) is 0.632. The monoisotopic (exact) mass is 400 g/mol. The zero-order valence-electron chi connectivity index (χ0n) is 15.4. The van der Waals surface area contributed by atoms with Crippen LogP contribution in [0.2, 0.25) is 10.0 Å². The van der Waals surface area contributed by atoms with Gasteiger partial charge in [-0.15, -0.1) is 0 Å². The van der Waals surface area contributed by atoms with Gasteiger partial charge in [-0.2, -0.15) is 0 Å². The summed E-state index contributed by atoms with van der Waals surface area (Å²) in [6, 6.07) is 3.30. The molecule has 0 bridgehead atoms. The average molecular weight is 401 g/mol. The summed E-state index contributed by atoms with van der Waals surface area (Å²) in [4.78, 5) is 17.3. The fourth-order valence-corrected chi connectivity index (χ4v) is 4.17. The number of benzene rings is 1. The largest absolute Gasteiger partial charge is 0.490 e. The Morgan fingerprint density at radius 1 is 1.23 bits per heavy atom. The van der Waals surface area contributed by atoms with E-state index in [0.717, 1.165) is 38.8 Å². The average Bonchev–Trinajstić information content (AvgIpc) is 3.02. The molecule has 2 aliphatic rings. The minimum absolute atomic E-state index is 0.0871. The number of likely N-dealkylation sites (tertiary alicyclic amines) is 1. The van der Waals surface area contributed by atoms with Gasteiger partial charge in [-0.1, -0.05) is 36.5 Å². The first kappa shape index (κ1) is 19.7. The van der Waals surface area contributed by atoms with Gasteiger partial charge in [0.15, 0.2) is 5.75 Å². The lowest BCUT2D eigenvalue weighted by Crippen LogP contribution is -2.54. The number of rotatable bonds is 5. The third-order valence-electron chi connectivity index (χ3n) is 5.18. The molecule has 5 nitrogen and oxygen atoms in total. The van der Waals surface area contributed by atoms with Crippen LogP contribution in [0.15, 0.2) is 12.1 Å². The molecule has 0 aliphatic carbocycles. The van der Waals surface area contributed by atoms with Crippen LogP contribution in [-0.2, 0) is 4.74 Å². The second-order valence-corrected chi connectivity index (χ2v) is 7.84. The highest BCUT2D eigenvalue weighted by Crippen LogP contribution is 2.38. The molecule has 144 valence electrons. The fourth-order valence-electron chi connectivity index (χ4n) is 3.57. The summed E-state index contributed by atoms with van der Waals surface area (Å²) in [5.41, 5.74) is -0.0228. The van der Waals surface area contributed by atoms with E-state index in [0.29, 0.717) is 41.1 Å². The van der Waals surface area contributed by atoms with Gasteiger partial charge in [0.05, 0.1) is 23.3 Å². The summed E-state index contributed by atoms with van der Waals surface area (Å²) in [5, 5.41) is 0.740. The number of amides is 1. The Morgan fingerprint density at radius 3 is 2.50 bits per heavy atom. The predicted molar refractivity (Wildman–Crippen MR) is 103 cm³/mol. The summed E-state index contributed by atoms with van der Waals surface area (Å²) >= 11 is 12.7. The van der Waals surface area contributed by atoms with E-state index in [9.17, 15) is 4.79 Å². The van der Waals surface area contributed by atoms with Crippen LogP contribution in [0.4, 0.5) is 0 Å². The summed E-state index contributed by atoms with van der Waals surface area (Å²) in [7, 11) is 2.09. The maximum absolute atomic E-state index is 13.2. The van der Waals surface area contributed by atoms with Crippen molar-refractivity contribution in [2.24, 2.45) is 0 Å². The molecule has 0 atom stereocenters. The number of carbonyl (C=O) groups excluding carboxylic acids is 1. The molecule has 2 saturated heterocycles. The Hall–Kier alpha value is -1.01. The second-order valence-electron chi connectivity index (χ2n) is 7.03. The maximum Gasteiger partial charge on any atom is 0.256 e. The molecule has 0 aromatic heterocycles. The molecule has 0 unspecified atom stereocenters. The highest BCUT2D eigenvalue weighted by atomic mass is 35.5. The van der Waals surface area contributed by atoms with Crippen LogP contribution in [0.1, 0.15) is 43.0 Å². The van der Waals surface area contributed by atoms with Gasteiger partial charge < -0.3 is 19.3 Å². The number of hydrogen-bond donors (Lipinski definition) is 0. The molecule has 26 heavy (non-hydrogen) atoms. The molecule has 1 amide bonds. The van der Waals surface area contributed by atoms with Gasteiger partial charge in [0.25, 0.3) is 5.91 Å². The van der Waals surface area contributed by atoms with Crippen molar-refractivity contribution >= 4 is 29.1 Å². The van der Waals surface area contributed by atoms with Gasteiger partial charge in [0.1, 0.15) is 5.72 Å². The topological polar surface area (TPSA) is 42.0 Å². The number of nitrogens with zero attached hydrogens (tertiary/aromatic N) is 2. The van der Waals surface area contributed by atoms with Crippen LogP contribution in [0.25, 0.3) is 0 Å². The van der Waals surface area contributed by atoms with Gasteiger partial charge in [0, 0.05) is 38.0 Å². The normalized spacial score (nSPS) is 19.9.